The molecule has 0 saturated heterocycles. The van der Waals surface area contributed by atoms with Crippen LogP contribution in [0.1, 0.15) is 136 Å². The van der Waals surface area contributed by atoms with E-state index in [-0.39, 0.29) is 25.7 Å². The highest BCUT2D eigenvalue weighted by molar-refractivity contribution is 7.45. The van der Waals surface area contributed by atoms with Crippen LogP contribution in [0.5, 0.6) is 0 Å². The van der Waals surface area contributed by atoms with Crippen LogP contribution in [0.15, 0.2) is 0 Å². The lowest BCUT2D eigenvalue weighted by Crippen LogP contribution is -2.37. The Hall–Kier alpha value is -0.660. The number of phosphoric acid groups is 1. The van der Waals surface area contributed by atoms with E-state index in [1.165, 1.54) is 103 Å². The van der Waals surface area contributed by atoms with Crippen molar-refractivity contribution >= 4 is 13.9 Å². The fourth-order valence-electron chi connectivity index (χ4n) is 4.60. The summed E-state index contributed by atoms with van der Waals surface area (Å²) >= 11 is 0. The SMILES string of the molecule is CCCCCCCCCCCCCCCCCCCCC(COC(=O)NCC)COP(=O)([O-])OCC[N+](C)(C)C. The third-order valence-corrected chi connectivity index (χ3v) is 8.18. The first-order chi connectivity index (χ1) is 19.1. The zero-order chi connectivity index (χ0) is 30.0. The fraction of sp³-hybridized carbons (Fsp3) is 0.968. The molecule has 2 atom stereocenters. The summed E-state index contributed by atoms with van der Waals surface area (Å²) in [5, 5.41) is 2.60. The van der Waals surface area contributed by atoms with Gasteiger partial charge in [-0.15, -0.1) is 0 Å². The summed E-state index contributed by atoms with van der Waals surface area (Å²) in [7, 11) is 1.51. The first kappa shape index (κ1) is 39.3. The quantitative estimate of drug-likeness (QED) is 0.0537. The number of unbranched alkanes of at least 4 members (excludes halogenated alkanes) is 17. The fourth-order valence-corrected chi connectivity index (χ4v) is 5.37. The molecule has 0 aromatic heterocycles. The van der Waals surface area contributed by atoms with Crippen molar-refractivity contribution in [2.24, 2.45) is 5.92 Å². The molecular formula is C31H65N2O6P. The maximum absolute atomic E-state index is 12.2. The second-order valence-electron chi connectivity index (χ2n) is 12.4. The summed E-state index contributed by atoms with van der Waals surface area (Å²) in [6, 6.07) is 0. The Morgan fingerprint density at radius 2 is 1.18 bits per heavy atom. The second-order valence-corrected chi connectivity index (χ2v) is 13.8. The van der Waals surface area contributed by atoms with Gasteiger partial charge in [0, 0.05) is 12.5 Å². The molecule has 8 nitrogen and oxygen atoms in total. The van der Waals surface area contributed by atoms with E-state index in [0.717, 1.165) is 19.3 Å². The molecule has 0 aliphatic rings. The number of ether oxygens (including phenoxy) is 1. The van der Waals surface area contributed by atoms with Crippen LogP contribution in [-0.2, 0) is 18.3 Å². The Morgan fingerprint density at radius 1 is 0.725 bits per heavy atom. The highest BCUT2D eigenvalue weighted by atomic mass is 31.2. The van der Waals surface area contributed by atoms with Gasteiger partial charge in [0.1, 0.15) is 13.2 Å². The van der Waals surface area contributed by atoms with E-state index in [2.05, 4.69) is 12.2 Å². The number of hydrogen-bond donors (Lipinski definition) is 1. The molecule has 240 valence electrons. The molecule has 0 radical (unpaired) electrons. The lowest BCUT2D eigenvalue weighted by molar-refractivity contribution is -0.870. The standard InChI is InChI=1S/C31H65N2O6P/c1-6-8-9-10-11-12-13-14-15-16-17-18-19-20-21-22-23-24-25-30(28-37-31(34)32-7-2)29-39-40(35,36)38-27-26-33(3,4)5/h30H,6-29H2,1-5H3,(H-,32,34,35,36). The van der Waals surface area contributed by atoms with Crippen LogP contribution in [0.4, 0.5) is 4.79 Å². The molecule has 0 heterocycles. The molecule has 0 aliphatic heterocycles. The third kappa shape index (κ3) is 28.9. The maximum atomic E-state index is 12.2. The molecule has 0 rings (SSSR count). The number of nitrogens with one attached hydrogen (secondary N) is 1. The molecule has 0 aromatic carbocycles. The van der Waals surface area contributed by atoms with E-state index in [0.29, 0.717) is 17.6 Å². The monoisotopic (exact) mass is 592 g/mol. The van der Waals surface area contributed by atoms with Crippen molar-refractivity contribution < 1.29 is 32.5 Å². The summed E-state index contributed by atoms with van der Waals surface area (Å²) in [5.41, 5.74) is 0. The van der Waals surface area contributed by atoms with Gasteiger partial charge in [-0.2, -0.15) is 0 Å². The molecule has 0 spiro atoms. The van der Waals surface area contributed by atoms with Gasteiger partial charge in [0.05, 0.1) is 34.4 Å². The molecule has 2 unspecified atom stereocenters. The Balaban J connectivity index is 3.94. The Morgan fingerprint density at radius 3 is 1.60 bits per heavy atom. The average Bonchev–Trinajstić information content (AvgIpc) is 2.88. The number of amides is 1. The topological polar surface area (TPSA) is 96.9 Å². The zero-order valence-electron chi connectivity index (χ0n) is 26.9. The first-order valence-electron chi connectivity index (χ1n) is 16.4. The van der Waals surface area contributed by atoms with Crippen LogP contribution >= 0.6 is 7.82 Å². The van der Waals surface area contributed by atoms with Crippen molar-refractivity contribution in [3.8, 4) is 0 Å². The number of quaternary nitrogens is 1. The van der Waals surface area contributed by atoms with Gasteiger partial charge in [0.2, 0.25) is 0 Å². The zero-order valence-corrected chi connectivity index (χ0v) is 27.8. The van der Waals surface area contributed by atoms with Crippen molar-refractivity contribution in [2.75, 3.05) is 54.1 Å². The van der Waals surface area contributed by atoms with E-state index in [4.69, 9.17) is 13.8 Å². The Kier molecular flexibility index (Phi) is 25.6. The summed E-state index contributed by atoms with van der Waals surface area (Å²) in [5.74, 6) is -0.187. The van der Waals surface area contributed by atoms with Gasteiger partial charge < -0.3 is 28.5 Å². The Bertz CT molecular complexity index is 629. The van der Waals surface area contributed by atoms with Crippen LogP contribution < -0.4 is 10.2 Å². The molecule has 0 saturated carbocycles. The number of carbonyl (C=O) groups is 1. The minimum atomic E-state index is -4.39. The smallest absolute Gasteiger partial charge is 0.407 e. The van der Waals surface area contributed by atoms with E-state index >= 15 is 0 Å². The highest BCUT2D eigenvalue weighted by Crippen LogP contribution is 2.39. The van der Waals surface area contributed by atoms with Crippen molar-refractivity contribution in [3.63, 3.8) is 0 Å². The van der Waals surface area contributed by atoms with Crippen LogP contribution in [0.3, 0.4) is 0 Å². The van der Waals surface area contributed by atoms with Crippen molar-refractivity contribution in [2.45, 2.75) is 136 Å². The average molecular weight is 593 g/mol. The summed E-state index contributed by atoms with van der Waals surface area (Å²) in [6.45, 7) is 5.29. The number of carbonyl (C=O) groups excluding carboxylic acids is 1. The van der Waals surface area contributed by atoms with Gasteiger partial charge in [-0.1, -0.05) is 122 Å². The van der Waals surface area contributed by atoms with Crippen LogP contribution in [0.2, 0.25) is 0 Å². The van der Waals surface area contributed by atoms with E-state index in [1.807, 2.05) is 28.1 Å². The first-order valence-corrected chi connectivity index (χ1v) is 17.9. The molecule has 9 heteroatoms. The predicted molar refractivity (Wildman–Crippen MR) is 164 cm³/mol. The minimum absolute atomic E-state index is 0.0382. The van der Waals surface area contributed by atoms with Gasteiger partial charge in [-0.25, -0.2) is 4.79 Å². The van der Waals surface area contributed by atoms with Crippen molar-refractivity contribution in [3.05, 3.63) is 0 Å². The molecular weight excluding hydrogens is 527 g/mol. The van der Waals surface area contributed by atoms with Gasteiger partial charge in [0.15, 0.2) is 0 Å². The molecule has 1 N–H and O–H groups in total. The largest absolute Gasteiger partial charge is 0.756 e. The van der Waals surface area contributed by atoms with Gasteiger partial charge in [-0.05, 0) is 13.3 Å². The molecule has 0 fully saturated rings. The molecule has 0 aliphatic carbocycles. The highest BCUT2D eigenvalue weighted by Gasteiger charge is 2.18. The van der Waals surface area contributed by atoms with E-state index < -0.39 is 13.9 Å². The van der Waals surface area contributed by atoms with E-state index in [1.54, 1.807) is 0 Å². The van der Waals surface area contributed by atoms with Crippen LogP contribution in [0, 0.1) is 5.92 Å². The van der Waals surface area contributed by atoms with Crippen molar-refractivity contribution in [1.29, 1.82) is 0 Å². The van der Waals surface area contributed by atoms with E-state index in [9.17, 15) is 14.3 Å². The lowest BCUT2D eigenvalue weighted by Gasteiger charge is -2.28. The number of hydrogen-bond acceptors (Lipinski definition) is 6. The predicted octanol–water partition coefficient (Wildman–Crippen LogP) is 7.99. The van der Waals surface area contributed by atoms with Gasteiger partial charge >= 0.3 is 6.09 Å². The number of nitrogens with zero attached hydrogens (tertiary/aromatic N) is 1. The van der Waals surface area contributed by atoms with Gasteiger partial charge in [-0.3, -0.25) is 4.57 Å². The second kappa shape index (κ2) is 26.0. The van der Waals surface area contributed by atoms with Gasteiger partial charge in [0.25, 0.3) is 7.82 Å². The minimum Gasteiger partial charge on any atom is -0.756 e. The normalized spacial score (nSPS) is 14.2. The van der Waals surface area contributed by atoms with Crippen molar-refractivity contribution in [1.82, 2.24) is 5.32 Å². The number of likely N-dealkylation sites (N-methyl/N-ethyl adjacent to an activating group) is 1. The summed E-state index contributed by atoms with van der Waals surface area (Å²) < 4.78 is 28.2. The molecule has 0 bridgehead atoms. The number of alkyl carbamates (subject to hydrolysis) is 1. The molecule has 40 heavy (non-hydrogen) atoms. The third-order valence-electron chi connectivity index (χ3n) is 7.22. The summed E-state index contributed by atoms with van der Waals surface area (Å²) in [4.78, 5) is 23.9. The number of rotatable bonds is 29. The molecule has 0 aromatic rings. The number of phosphoric ester groups is 1. The summed E-state index contributed by atoms with van der Waals surface area (Å²) in [6.07, 6.45) is 24.1. The maximum Gasteiger partial charge on any atom is 0.407 e. The molecule has 1 amide bonds. The Labute approximate surface area is 247 Å². The van der Waals surface area contributed by atoms with Crippen LogP contribution in [-0.4, -0.2) is 64.6 Å². The lowest BCUT2D eigenvalue weighted by atomic mass is 10.0. The van der Waals surface area contributed by atoms with Crippen LogP contribution in [0.25, 0.3) is 0 Å².